The third-order valence-electron chi connectivity index (χ3n) is 4.45. The monoisotopic (exact) mass is 459 g/mol. The normalized spacial score (nSPS) is 10.9. The van der Waals surface area contributed by atoms with Gasteiger partial charge >= 0.3 is 0 Å². The van der Waals surface area contributed by atoms with E-state index in [9.17, 15) is 4.79 Å². The Morgan fingerprint density at radius 3 is 2.71 bits per heavy atom. The van der Waals surface area contributed by atoms with Crippen molar-refractivity contribution in [1.82, 2.24) is 5.43 Å². The molecule has 0 fully saturated rings. The second-order valence-corrected chi connectivity index (χ2v) is 7.65. The van der Waals surface area contributed by atoms with Gasteiger partial charge in [-0.25, -0.2) is 5.43 Å². The van der Waals surface area contributed by atoms with Crippen LogP contribution in [0.25, 0.3) is 0 Å². The molecule has 31 heavy (non-hydrogen) atoms. The first-order valence-electron chi connectivity index (χ1n) is 9.79. The molecule has 0 radical (unpaired) electrons. The van der Waals surface area contributed by atoms with Crippen LogP contribution >= 0.6 is 23.2 Å². The van der Waals surface area contributed by atoms with E-state index in [0.29, 0.717) is 47.7 Å². The number of ether oxygens (including phenoxy) is 1. The lowest BCUT2D eigenvalue weighted by atomic mass is 10.1. The highest BCUT2D eigenvalue weighted by atomic mass is 35.5. The summed E-state index contributed by atoms with van der Waals surface area (Å²) in [5.41, 5.74) is 5.41. The maximum absolute atomic E-state index is 11.9. The fraction of sp³-hybridized carbons (Fsp3) is 0.217. The molecule has 3 rings (SSSR count). The van der Waals surface area contributed by atoms with Crippen LogP contribution in [0.2, 0.25) is 10.0 Å². The maximum atomic E-state index is 11.9. The average molecular weight is 460 g/mol. The van der Waals surface area contributed by atoms with Crippen LogP contribution < -0.4 is 15.5 Å². The van der Waals surface area contributed by atoms with Crippen LogP contribution in [0.4, 0.5) is 5.69 Å². The third kappa shape index (κ3) is 7.35. The molecule has 162 valence electrons. The number of anilines is 1. The summed E-state index contributed by atoms with van der Waals surface area (Å²) in [5.74, 6) is 0.641. The lowest BCUT2D eigenvalue weighted by Crippen LogP contribution is -2.18. The van der Waals surface area contributed by atoms with Crippen molar-refractivity contribution in [2.45, 2.75) is 26.4 Å². The molecule has 1 heterocycles. The van der Waals surface area contributed by atoms with Gasteiger partial charge in [-0.1, -0.05) is 35.3 Å². The molecule has 0 atom stereocenters. The summed E-state index contributed by atoms with van der Waals surface area (Å²) in [7, 11) is 0. The first-order valence-corrected chi connectivity index (χ1v) is 10.5. The topological polar surface area (TPSA) is 75.9 Å². The number of carbonyl (C=O) groups is 1. The summed E-state index contributed by atoms with van der Waals surface area (Å²) in [6.07, 6.45) is 2.45. The molecular weight excluding hydrogens is 437 g/mol. The average Bonchev–Trinajstić information content (AvgIpc) is 3.20. The number of aryl methyl sites for hydroxylation is 1. The van der Waals surface area contributed by atoms with Crippen LogP contribution in [0.1, 0.15) is 29.7 Å². The number of furan rings is 1. The Morgan fingerprint density at radius 1 is 1.13 bits per heavy atom. The molecule has 0 saturated heterocycles. The van der Waals surface area contributed by atoms with Crippen LogP contribution in [0, 0.1) is 6.92 Å². The Labute approximate surface area is 191 Å². The second-order valence-electron chi connectivity index (χ2n) is 6.81. The molecule has 0 spiro atoms. The van der Waals surface area contributed by atoms with Crippen molar-refractivity contribution in [2.75, 3.05) is 11.9 Å². The molecule has 2 aromatic carbocycles. The van der Waals surface area contributed by atoms with Crippen molar-refractivity contribution >= 4 is 41.0 Å². The highest BCUT2D eigenvalue weighted by Gasteiger charge is 2.07. The highest BCUT2D eigenvalue weighted by molar-refractivity contribution is 6.31. The summed E-state index contributed by atoms with van der Waals surface area (Å²) in [5, 5.41) is 8.49. The number of halogens is 2. The fourth-order valence-electron chi connectivity index (χ4n) is 2.75. The van der Waals surface area contributed by atoms with Crippen molar-refractivity contribution in [3.63, 3.8) is 0 Å². The summed E-state index contributed by atoms with van der Waals surface area (Å²) in [6, 6.07) is 16.5. The lowest BCUT2D eigenvalue weighted by Gasteiger charge is -2.08. The predicted octanol–water partition coefficient (Wildman–Crippen LogP) is 5.82. The summed E-state index contributed by atoms with van der Waals surface area (Å²) in [6.45, 7) is 2.94. The Kier molecular flexibility index (Phi) is 8.38. The fourth-order valence-corrected chi connectivity index (χ4v) is 3.15. The van der Waals surface area contributed by atoms with Gasteiger partial charge < -0.3 is 14.5 Å². The molecule has 3 aromatic rings. The quantitative estimate of drug-likeness (QED) is 0.227. The van der Waals surface area contributed by atoms with Gasteiger partial charge in [0.05, 0.1) is 6.21 Å². The van der Waals surface area contributed by atoms with E-state index in [-0.39, 0.29) is 5.91 Å². The Balaban J connectivity index is 1.36. The molecule has 1 aromatic heterocycles. The van der Waals surface area contributed by atoms with Gasteiger partial charge in [-0.05, 0) is 55.3 Å². The number of rotatable bonds is 10. The van der Waals surface area contributed by atoms with Gasteiger partial charge in [0.1, 0.15) is 6.61 Å². The van der Waals surface area contributed by atoms with Crippen LogP contribution in [-0.4, -0.2) is 18.7 Å². The highest BCUT2D eigenvalue weighted by Crippen LogP contribution is 2.23. The predicted molar refractivity (Wildman–Crippen MR) is 124 cm³/mol. The third-order valence-corrected chi connectivity index (χ3v) is 5.06. The minimum atomic E-state index is -0.175. The smallest absolute Gasteiger partial charge is 0.285 e. The second kappa shape index (κ2) is 11.4. The zero-order valence-corrected chi connectivity index (χ0v) is 18.5. The summed E-state index contributed by atoms with van der Waals surface area (Å²) < 4.78 is 11.2. The Hall–Kier alpha value is -2.96. The molecule has 0 bridgehead atoms. The Morgan fingerprint density at radius 2 is 1.94 bits per heavy atom. The van der Waals surface area contributed by atoms with Gasteiger partial charge in [0.25, 0.3) is 5.95 Å². The van der Waals surface area contributed by atoms with Gasteiger partial charge in [-0.2, -0.15) is 5.10 Å². The van der Waals surface area contributed by atoms with Gasteiger partial charge in [0.15, 0.2) is 5.76 Å². The number of hydrazone groups is 1. The number of hydrogen-bond donors (Lipinski definition) is 2. The molecule has 0 saturated carbocycles. The van der Waals surface area contributed by atoms with Crippen molar-refractivity contribution in [3.8, 4) is 5.95 Å². The molecule has 2 N–H and O–H groups in total. The van der Waals surface area contributed by atoms with E-state index in [1.807, 2.05) is 49.4 Å². The molecule has 1 amide bonds. The van der Waals surface area contributed by atoms with E-state index < -0.39 is 0 Å². The number of hydrogen-bond acceptors (Lipinski definition) is 5. The number of nitrogens with zero attached hydrogens (tertiary/aromatic N) is 1. The van der Waals surface area contributed by atoms with Crippen LogP contribution in [0.5, 0.6) is 5.95 Å². The van der Waals surface area contributed by atoms with E-state index >= 15 is 0 Å². The van der Waals surface area contributed by atoms with Gasteiger partial charge in [0.2, 0.25) is 5.91 Å². The minimum absolute atomic E-state index is 0.175. The van der Waals surface area contributed by atoms with E-state index in [2.05, 4.69) is 15.8 Å². The number of nitrogens with one attached hydrogen (secondary N) is 2. The zero-order chi connectivity index (χ0) is 22.1. The van der Waals surface area contributed by atoms with Crippen LogP contribution in [-0.2, 0) is 11.4 Å². The maximum Gasteiger partial charge on any atom is 0.285 e. The largest absolute Gasteiger partial charge is 0.460 e. The van der Waals surface area contributed by atoms with Crippen LogP contribution in [0.15, 0.2) is 64.1 Å². The molecule has 8 heteroatoms. The standard InChI is InChI=1S/C23H23Cl2N3O3/c1-16-4-2-5-21(25)20(16)15-30-23-12-11-19(31-23)14-27-28-22(29)6-3-13-26-18-9-7-17(24)8-10-18/h2,4-5,7-12,14,26H,3,6,13,15H2,1H3,(H,28,29)/b27-14+. The molecule has 0 aliphatic rings. The van der Waals surface area contributed by atoms with Crippen molar-refractivity contribution < 1.29 is 13.9 Å². The van der Waals surface area contributed by atoms with E-state index in [1.54, 1.807) is 12.1 Å². The van der Waals surface area contributed by atoms with Crippen molar-refractivity contribution in [1.29, 1.82) is 0 Å². The van der Waals surface area contributed by atoms with E-state index in [0.717, 1.165) is 16.8 Å². The van der Waals surface area contributed by atoms with Gasteiger partial charge in [0, 0.05) is 40.3 Å². The first-order chi connectivity index (χ1) is 15.0. The van der Waals surface area contributed by atoms with Crippen molar-refractivity contribution in [3.05, 3.63) is 81.5 Å². The molecule has 0 unspecified atom stereocenters. The molecule has 6 nitrogen and oxygen atoms in total. The van der Waals surface area contributed by atoms with Gasteiger partial charge in [-0.3, -0.25) is 4.79 Å². The number of carbonyl (C=O) groups excluding carboxylic acids is 1. The SMILES string of the molecule is Cc1cccc(Cl)c1COc1ccc(/C=N/NC(=O)CCCNc2ccc(Cl)cc2)o1. The number of benzene rings is 2. The first kappa shape index (κ1) is 22.7. The lowest BCUT2D eigenvalue weighted by molar-refractivity contribution is -0.121. The summed E-state index contributed by atoms with van der Waals surface area (Å²) >= 11 is 12.0. The molecule has 0 aliphatic heterocycles. The van der Waals surface area contributed by atoms with Crippen LogP contribution in [0.3, 0.4) is 0 Å². The van der Waals surface area contributed by atoms with Gasteiger partial charge in [-0.15, -0.1) is 0 Å². The van der Waals surface area contributed by atoms with E-state index in [4.69, 9.17) is 32.4 Å². The van der Waals surface area contributed by atoms with Crippen molar-refractivity contribution in [2.24, 2.45) is 5.10 Å². The van der Waals surface area contributed by atoms with E-state index in [1.165, 1.54) is 6.21 Å². The molecule has 0 aliphatic carbocycles. The minimum Gasteiger partial charge on any atom is -0.460 e. The zero-order valence-electron chi connectivity index (χ0n) is 17.0. The Bertz CT molecular complexity index is 1010. The number of amides is 1. The molecular formula is C23H23Cl2N3O3. The summed E-state index contributed by atoms with van der Waals surface area (Å²) in [4.78, 5) is 11.9.